The number of hydrogen-bond acceptors (Lipinski definition) is 5. The Kier molecular flexibility index (Phi) is 4.52. The molecule has 2 aromatic carbocycles. The van der Waals surface area contributed by atoms with E-state index in [1.807, 2.05) is 0 Å². The highest BCUT2D eigenvalue weighted by Gasteiger charge is 2.31. The van der Waals surface area contributed by atoms with Gasteiger partial charge in [0.25, 0.3) is 5.69 Å². The van der Waals surface area contributed by atoms with Crippen LogP contribution in [0.15, 0.2) is 53.2 Å². The Labute approximate surface area is 150 Å². The molecule has 0 spiro atoms. The van der Waals surface area contributed by atoms with E-state index in [0.717, 1.165) is 24.3 Å². The zero-order valence-electron chi connectivity index (χ0n) is 13.8. The number of ether oxygens (including phenoxy) is 1. The number of carbonyl (C=O) groups excluding carboxylic acids is 1. The van der Waals surface area contributed by atoms with Gasteiger partial charge in [0.1, 0.15) is 0 Å². The number of nitro benzene ring substituents is 1. The third-order valence-corrected chi connectivity index (χ3v) is 3.81. The molecule has 1 aliphatic rings. The number of halogens is 3. The Balaban J connectivity index is 1.91. The zero-order valence-corrected chi connectivity index (χ0v) is 13.8. The molecule has 0 N–H and O–H groups in total. The summed E-state index contributed by atoms with van der Waals surface area (Å²) < 4.78 is 42.8. The van der Waals surface area contributed by atoms with Gasteiger partial charge in [0.15, 0.2) is 5.70 Å². The molecule has 27 heavy (non-hydrogen) atoms. The highest BCUT2D eigenvalue weighted by molar-refractivity contribution is 6.12. The monoisotopic (exact) mass is 376 g/mol. The first-order chi connectivity index (χ1) is 12.6. The molecule has 138 valence electrons. The summed E-state index contributed by atoms with van der Waals surface area (Å²) in [5, 5.41) is 11.0. The van der Waals surface area contributed by atoms with Gasteiger partial charge in [-0.1, -0.05) is 12.1 Å². The lowest BCUT2D eigenvalue weighted by molar-refractivity contribution is -0.385. The van der Waals surface area contributed by atoms with Crippen LogP contribution in [0.1, 0.15) is 22.3 Å². The molecular formula is C18H11F3N2O4. The van der Waals surface area contributed by atoms with E-state index in [-0.39, 0.29) is 22.8 Å². The largest absolute Gasteiger partial charge is 0.416 e. The number of cyclic esters (lactones) is 1. The van der Waals surface area contributed by atoms with Crippen molar-refractivity contribution < 1.29 is 27.6 Å². The molecule has 0 bridgehead atoms. The SMILES string of the molecule is Cc1ccc(/C=C2/N=C(c3ccc(C(F)(F)F)cc3)OC2=O)cc1[N+](=O)[O-]. The third-order valence-electron chi connectivity index (χ3n) is 3.81. The number of rotatable bonds is 3. The van der Waals surface area contributed by atoms with Gasteiger partial charge in [-0.3, -0.25) is 10.1 Å². The van der Waals surface area contributed by atoms with Crippen LogP contribution in [0.25, 0.3) is 6.08 Å². The molecule has 6 nitrogen and oxygen atoms in total. The number of alkyl halides is 3. The van der Waals surface area contributed by atoms with Crippen molar-refractivity contribution in [3.8, 4) is 0 Å². The Morgan fingerprint density at radius 2 is 1.81 bits per heavy atom. The molecule has 9 heteroatoms. The van der Waals surface area contributed by atoms with Crippen molar-refractivity contribution >= 4 is 23.6 Å². The van der Waals surface area contributed by atoms with Gasteiger partial charge in [0.2, 0.25) is 5.90 Å². The van der Waals surface area contributed by atoms with Crippen molar-refractivity contribution in [3.05, 3.63) is 80.5 Å². The molecule has 0 saturated heterocycles. The molecule has 0 aromatic heterocycles. The van der Waals surface area contributed by atoms with Crippen molar-refractivity contribution in [2.24, 2.45) is 4.99 Å². The van der Waals surface area contributed by atoms with Crippen LogP contribution in [0, 0.1) is 17.0 Å². The number of carbonyl (C=O) groups is 1. The highest BCUT2D eigenvalue weighted by Crippen LogP contribution is 2.30. The summed E-state index contributed by atoms with van der Waals surface area (Å²) in [6.07, 6.45) is -3.16. The summed E-state index contributed by atoms with van der Waals surface area (Å²) in [7, 11) is 0. The number of benzene rings is 2. The highest BCUT2D eigenvalue weighted by atomic mass is 19.4. The molecular weight excluding hydrogens is 365 g/mol. The predicted octanol–water partition coefficient (Wildman–Crippen LogP) is 4.27. The van der Waals surface area contributed by atoms with Gasteiger partial charge >= 0.3 is 12.1 Å². The summed E-state index contributed by atoms with van der Waals surface area (Å²) in [5.74, 6) is -0.935. The van der Waals surface area contributed by atoms with Crippen LogP contribution in [0.5, 0.6) is 0 Å². The van der Waals surface area contributed by atoms with Crippen LogP contribution >= 0.6 is 0 Å². The van der Waals surface area contributed by atoms with Gasteiger partial charge in [-0.2, -0.15) is 13.2 Å². The summed E-state index contributed by atoms with van der Waals surface area (Å²) in [6.45, 7) is 1.58. The average molecular weight is 376 g/mol. The quantitative estimate of drug-likeness (QED) is 0.347. The molecule has 0 amide bonds. The van der Waals surface area contributed by atoms with Crippen molar-refractivity contribution in [2.75, 3.05) is 0 Å². The molecule has 2 aromatic rings. The van der Waals surface area contributed by atoms with Crippen molar-refractivity contribution in [1.82, 2.24) is 0 Å². The van der Waals surface area contributed by atoms with E-state index < -0.39 is 22.6 Å². The standard InChI is InChI=1S/C18H11F3N2O4/c1-10-2-3-11(9-15(10)23(25)26)8-14-17(24)27-16(22-14)12-4-6-13(7-5-12)18(19,20)21/h2-9H,1H3/b14-8+. The first kappa shape index (κ1) is 18.3. The summed E-state index contributed by atoms with van der Waals surface area (Å²) in [5.41, 5.74) is -0.0130. The Hall–Kier alpha value is -3.49. The fraction of sp³-hybridized carbons (Fsp3) is 0.111. The van der Waals surface area contributed by atoms with E-state index in [0.29, 0.717) is 11.1 Å². The minimum absolute atomic E-state index is 0.108. The lowest BCUT2D eigenvalue weighted by Crippen LogP contribution is -2.08. The number of aryl methyl sites for hydroxylation is 1. The first-order valence-electron chi connectivity index (χ1n) is 7.60. The van der Waals surface area contributed by atoms with Crippen molar-refractivity contribution in [3.63, 3.8) is 0 Å². The normalized spacial score (nSPS) is 15.6. The van der Waals surface area contributed by atoms with Crippen LogP contribution in [0.2, 0.25) is 0 Å². The van der Waals surface area contributed by atoms with Crippen LogP contribution in [-0.4, -0.2) is 16.8 Å². The fourth-order valence-corrected chi connectivity index (χ4v) is 2.41. The molecule has 1 heterocycles. The number of hydrogen-bond donors (Lipinski definition) is 0. The smallest absolute Gasteiger partial charge is 0.402 e. The van der Waals surface area contributed by atoms with Gasteiger partial charge in [-0.05, 0) is 42.8 Å². The van der Waals surface area contributed by atoms with E-state index in [9.17, 15) is 28.1 Å². The van der Waals surface area contributed by atoms with Crippen LogP contribution in [0.4, 0.5) is 18.9 Å². The average Bonchev–Trinajstić information content (AvgIpc) is 2.96. The number of nitro groups is 1. The first-order valence-corrected chi connectivity index (χ1v) is 7.60. The second kappa shape index (κ2) is 6.67. The molecule has 0 atom stereocenters. The minimum Gasteiger partial charge on any atom is -0.402 e. The predicted molar refractivity (Wildman–Crippen MR) is 89.9 cm³/mol. The molecule has 0 radical (unpaired) electrons. The van der Waals surface area contributed by atoms with E-state index >= 15 is 0 Å². The van der Waals surface area contributed by atoms with Gasteiger partial charge in [0.05, 0.1) is 10.5 Å². The second-order valence-electron chi connectivity index (χ2n) is 5.71. The number of nitrogens with zero attached hydrogens (tertiary/aromatic N) is 2. The molecule has 0 saturated carbocycles. The molecule has 3 rings (SSSR count). The number of esters is 1. The number of aliphatic imine (C=N–C) groups is 1. The zero-order chi connectivity index (χ0) is 19.8. The van der Waals surface area contributed by atoms with Crippen molar-refractivity contribution in [1.29, 1.82) is 0 Å². The maximum Gasteiger partial charge on any atom is 0.416 e. The van der Waals surface area contributed by atoms with Crippen LogP contribution in [-0.2, 0) is 15.7 Å². The Morgan fingerprint density at radius 1 is 1.15 bits per heavy atom. The maximum absolute atomic E-state index is 12.6. The molecule has 0 fully saturated rings. The van der Waals surface area contributed by atoms with Gasteiger partial charge in [-0.25, -0.2) is 9.79 Å². The molecule has 0 unspecified atom stereocenters. The summed E-state index contributed by atoms with van der Waals surface area (Å²) in [4.78, 5) is 26.4. The molecule has 1 aliphatic heterocycles. The van der Waals surface area contributed by atoms with Gasteiger partial charge < -0.3 is 4.74 Å². The van der Waals surface area contributed by atoms with E-state index in [1.165, 1.54) is 18.2 Å². The van der Waals surface area contributed by atoms with Crippen molar-refractivity contribution in [2.45, 2.75) is 13.1 Å². The summed E-state index contributed by atoms with van der Waals surface area (Å²) in [6, 6.07) is 8.41. The van der Waals surface area contributed by atoms with E-state index in [1.54, 1.807) is 13.0 Å². The van der Waals surface area contributed by atoms with E-state index in [4.69, 9.17) is 4.74 Å². The van der Waals surface area contributed by atoms with Gasteiger partial charge in [0, 0.05) is 17.2 Å². The fourth-order valence-electron chi connectivity index (χ4n) is 2.41. The van der Waals surface area contributed by atoms with Gasteiger partial charge in [-0.15, -0.1) is 0 Å². The minimum atomic E-state index is -4.47. The summed E-state index contributed by atoms with van der Waals surface area (Å²) >= 11 is 0. The Bertz CT molecular complexity index is 993. The lowest BCUT2D eigenvalue weighted by Gasteiger charge is -2.06. The topological polar surface area (TPSA) is 81.8 Å². The Morgan fingerprint density at radius 3 is 2.41 bits per heavy atom. The lowest BCUT2D eigenvalue weighted by atomic mass is 10.1. The maximum atomic E-state index is 12.6. The van der Waals surface area contributed by atoms with E-state index in [2.05, 4.69) is 4.99 Å². The third kappa shape index (κ3) is 3.86. The molecule has 0 aliphatic carbocycles. The second-order valence-corrected chi connectivity index (χ2v) is 5.71. The van der Waals surface area contributed by atoms with Crippen LogP contribution in [0.3, 0.4) is 0 Å². The van der Waals surface area contributed by atoms with Crippen LogP contribution < -0.4 is 0 Å².